The lowest BCUT2D eigenvalue weighted by molar-refractivity contribution is -0.153. The highest BCUT2D eigenvalue weighted by Gasteiger charge is 2.59. The first-order chi connectivity index (χ1) is 15.9. The van der Waals surface area contributed by atoms with Gasteiger partial charge >= 0.3 is 5.97 Å². The molecule has 0 saturated heterocycles. The van der Waals surface area contributed by atoms with Crippen LogP contribution in [0.2, 0.25) is 0 Å². The van der Waals surface area contributed by atoms with Crippen LogP contribution in [0, 0.1) is 46.3 Å². The molecule has 0 aromatic carbocycles. The highest BCUT2D eigenvalue weighted by Crippen LogP contribution is 2.67. The van der Waals surface area contributed by atoms with Crippen LogP contribution in [0.1, 0.15) is 119 Å². The van der Waals surface area contributed by atoms with Crippen molar-refractivity contribution < 1.29 is 9.53 Å². The molecule has 0 spiro atoms. The van der Waals surface area contributed by atoms with Gasteiger partial charge in [-0.25, -0.2) is 0 Å². The van der Waals surface area contributed by atoms with Crippen LogP contribution in [0.3, 0.4) is 0 Å². The molecule has 3 saturated carbocycles. The fourth-order valence-corrected chi connectivity index (χ4v) is 9.14. The summed E-state index contributed by atoms with van der Waals surface area (Å²) >= 11 is 3.47. The van der Waals surface area contributed by atoms with Crippen molar-refractivity contribution in [3.63, 3.8) is 0 Å². The van der Waals surface area contributed by atoms with Gasteiger partial charge in [-0.15, -0.1) is 0 Å². The van der Waals surface area contributed by atoms with E-state index in [4.69, 9.17) is 4.74 Å². The summed E-state index contributed by atoms with van der Waals surface area (Å²) in [5, 5.41) is 0. The Hall–Kier alpha value is -0.310. The third-order valence-corrected chi connectivity index (χ3v) is 11.3. The van der Waals surface area contributed by atoms with Crippen molar-refractivity contribution in [2.24, 2.45) is 46.3 Å². The van der Waals surface area contributed by atoms with Gasteiger partial charge in [0.2, 0.25) is 0 Å². The summed E-state index contributed by atoms with van der Waals surface area (Å²) in [6.45, 7) is 16.3. The second-order valence-corrected chi connectivity index (χ2v) is 16.0. The minimum atomic E-state index is -0.599. The lowest BCUT2D eigenvalue weighted by Crippen LogP contribution is -2.51. The summed E-state index contributed by atoms with van der Waals surface area (Å²) in [5.41, 5.74) is 2.47. The molecule has 194 valence electrons. The first-order valence-electron chi connectivity index (χ1n) is 14.5. The van der Waals surface area contributed by atoms with Crippen LogP contribution in [-0.2, 0) is 9.53 Å². The summed E-state index contributed by atoms with van der Waals surface area (Å²) in [4.78, 5) is 12.5. The number of carbonyl (C=O) groups is 1. The molecule has 0 heterocycles. The number of halogens is 1. The number of alkyl halides is 1. The molecule has 4 aliphatic carbocycles. The predicted octanol–water partition coefficient (Wildman–Crippen LogP) is 9.11. The molecule has 0 radical (unpaired) electrons. The maximum absolute atomic E-state index is 12.5. The van der Waals surface area contributed by atoms with Gasteiger partial charge in [0.05, 0.1) is 0 Å². The molecule has 0 bridgehead atoms. The van der Waals surface area contributed by atoms with Crippen molar-refractivity contribution in [2.75, 3.05) is 0 Å². The molecule has 0 unspecified atom stereocenters. The molecule has 3 fully saturated rings. The van der Waals surface area contributed by atoms with Gasteiger partial charge in [0.1, 0.15) is 10.4 Å². The van der Waals surface area contributed by atoms with Gasteiger partial charge in [-0.2, -0.15) is 0 Å². The van der Waals surface area contributed by atoms with Crippen LogP contribution in [0.25, 0.3) is 0 Å². The topological polar surface area (TPSA) is 26.3 Å². The monoisotopic (exact) mass is 534 g/mol. The zero-order valence-corrected chi connectivity index (χ0v) is 24.7. The van der Waals surface area contributed by atoms with E-state index in [1.807, 2.05) is 13.8 Å². The second-order valence-electron chi connectivity index (χ2n) is 14.0. The predicted molar refractivity (Wildman–Crippen MR) is 146 cm³/mol. The van der Waals surface area contributed by atoms with Crippen molar-refractivity contribution in [2.45, 2.75) is 130 Å². The Labute approximate surface area is 218 Å². The van der Waals surface area contributed by atoms with E-state index in [1.165, 1.54) is 57.8 Å². The maximum Gasteiger partial charge on any atom is 0.322 e. The first-order valence-corrected chi connectivity index (χ1v) is 15.2. The number of carbonyl (C=O) groups excluding carboxylic acids is 1. The Morgan fingerprint density at radius 3 is 2.50 bits per heavy atom. The van der Waals surface area contributed by atoms with E-state index >= 15 is 0 Å². The van der Waals surface area contributed by atoms with Crippen LogP contribution < -0.4 is 0 Å². The SMILES string of the molecule is CC(C)CCC[C@@H](C)[C@H]1CC[C@H]2[C@@H]3CC=C4C[C@@H](OC(=O)C(C)(C)Br)CC[C@]4(C)[C@H]3CC[C@]12C. The molecular weight excluding hydrogens is 484 g/mol. The lowest BCUT2D eigenvalue weighted by atomic mass is 9.47. The second kappa shape index (κ2) is 9.86. The number of ether oxygens (including phenoxy) is 1. The number of hydrogen-bond donors (Lipinski definition) is 0. The third-order valence-electron chi connectivity index (χ3n) is 11.0. The largest absolute Gasteiger partial charge is 0.461 e. The Morgan fingerprint density at radius 1 is 1.09 bits per heavy atom. The average molecular weight is 536 g/mol. The molecule has 0 aliphatic heterocycles. The molecule has 2 nitrogen and oxygen atoms in total. The Bertz CT molecular complexity index is 779. The van der Waals surface area contributed by atoms with Crippen LogP contribution in [-0.4, -0.2) is 16.4 Å². The fraction of sp³-hybridized carbons (Fsp3) is 0.903. The molecule has 4 aliphatic rings. The van der Waals surface area contributed by atoms with E-state index in [9.17, 15) is 4.79 Å². The zero-order chi connectivity index (χ0) is 24.9. The number of esters is 1. The number of hydrogen-bond acceptors (Lipinski definition) is 2. The van der Waals surface area contributed by atoms with E-state index in [0.29, 0.717) is 10.8 Å². The molecule has 34 heavy (non-hydrogen) atoms. The van der Waals surface area contributed by atoms with Crippen molar-refractivity contribution in [1.29, 1.82) is 0 Å². The van der Waals surface area contributed by atoms with Gasteiger partial charge in [0, 0.05) is 6.42 Å². The van der Waals surface area contributed by atoms with Crippen LogP contribution in [0.15, 0.2) is 11.6 Å². The summed E-state index contributed by atoms with van der Waals surface area (Å²) < 4.78 is 5.33. The van der Waals surface area contributed by atoms with Gasteiger partial charge in [-0.05, 0) is 105 Å². The fourth-order valence-electron chi connectivity index (χ4n) is 9.04. The normalized spacial score (nSPS) is 40.7. The van der Waals surface area contributed by atoms with Crippen LogP contribution in [0.5, 0.6) is 0 Å². The number of fused-ring (bicyclic) bond motifs is 5. The van der Waals surface area contributed by atoms with Crippen molar-refractivity contribution in [1.82, 2.24) is 0 Å². The molecule has 0 amide bonds. The summed E-state index contributed by atoms with van der Waals surface area (Å²) in [7, 11) is 0. The summed E-state index contributed by atoms with van der Waals surface area (Å²) in [6.07, 6.45) is 17.0. The van der Waals surface area contributed by atoms with Crippen molar-refractivity contribution >= 4 is 21.9 Å². The quantitative estimate of drug-likeness (QED) is 0.185. The van der Waals surface area contributed by atoms with E-state index in [1.54, 1.807) is 5.57 Å². The number of allylic oxidation sites excluding steroid dienone is 1. The molecule has 3 heteroatoms. The van der Waals surface area contributed by atoms with E-state index < -0.39 is 4.32 Å². The summed E-state index contributed by atoms with van der Waals surface area (Å²) in [5.74, 6) is 5.10. The molecule has 0 N–H and O–H groups in total. The van der Waals surface area contributed by atoms with Crippen LogP contribution in [0.4, 0.5) is 0 Å². The molecular formula is C31H51BrO2. The lowest BCUT2D eigenvalue weighted by Gasteiger charge is -2.58. The summed E-state index contributed by atoms with van der Waals surface area (Å²) in [6, 6.07) is 0. The smallest absolute Gasteiger partial charge is 0.322 e. The van der Waals surface area contributed by atoms with E-state index in [-0.39, 0.29) is 12.1 Å². The Morgan fingerprint density at radius 2 is 1.82 bits per heavy atom. The van der Waals surface area contributed by atoms with E-state index in [0.717, 1.165) is 48.3 Å². The van der Waals surface area contributed by atoms with Crippen LogP contribution >= 0.6 is 15.9 Å². The maximum atomic E-state index is 12.5. The Kier molecular flexibility index (Phi) is 7.76. The van der Waals surface area contributed by atoms with Gasteiger partial charge in [-0.1, -0.05) is 81.5 Å². The van der Waals surface area contributed by atoms with Crippen molar-refractivity contribution in [3.8, 4) is 0 Å². The molecule has 0 aromatic heterocycles. The molecule has 8 atom stereocenters. The zero-order valence-electron chi connectivity index (χ0n) is 23.1. The average Bonchev–Trinajstić information content (AvgIpc) is 3.10. The minimum Gasteiger partial charge on any atom is -0.461 e. The highest BCUT2D eigenvalue weighted by molar-refractivity contribution is 9.10. The standard InChI is InChI=1S/C31H51BrO2/c1-20(2)9-8-10-21(3)25-13-14-26-24-12-11-22-19-23(34-28(33)29(4,5)32)15-17-30(22,6)27(24)16-18-31(25,26)7/h11,20-21,23-27H,8-10,12-19H2,1-7H3/t21-,23+,24+,25-,26+,27+,30+,31-/m1/s1. The van der Waals surface area contributed by atoms with Gasteiger partial charge in [0.15, 0.2) is 0 Å². The number of rotatable bonds is 7. The molecule has 0 aromatic rings. The van der Waals surface area contributed by atoms with Gasteiger partial charge in [0.25, 0.3) is 0 Å². The molecule has 4 rings (SSSR count). The van der Waals surface area contributed by atoms with Crippen molar-refractivity contribution in [3.05, 3.63) is 11.6 Å². The minimum absolute atomic E-state index is 0.0524. The van der Waals surface area contributed by atoms with Gasteiger partial charge < -0.3 is 4.74 Å². The van der Waals surface area contributed by atoms with E-state index in [2.05, 4.69) is 56.6 Å². The first kappa shape index (κ1) is 26.7. The Balaban J connectivity index is 1.44. The van der Waals surface area contributed by atoms with Gasteiger partial charge in [-0.3, -0.25) is 4.79 Å². The third kappa shape index (κ3) is 4.95. The highest BCUT2D eigenvalue weighted by atomic mass is 79.9.